The predicted octanol–water partition coefficient (Wildman–Crippen LogP) is 9.41. The summed E-state index contributed by atoms with van der Waals surface area (Å²) in [5.41, 5.74) is 0. The van der Waals surface area contributed by atoms with E-state index in [0.29, 0.717) is 17.4 Å². The molecular formula is C37H74N2O6P+. The number of allylic oxidation sites excluding steroid dienone is 3. The van der Waals surface area contributed by atoms with Crippen molar-refractivity contribution in [1.82, 2.24) is 5.32 Å². The molecular weight excluding hydrogens is 599 g/mol. The largest absolute Gasteiger partial charge is 0.472 e. The second kappa shape index (κ2) is 30.1. The Hall–Kier alpha value is -1.02. The van der Waals surface area contributed by atoms with Gasteiger partial charge in [0, 0.05) is 6.42 Å². The number of phosphoric ester groups is 1. The van der Waals surface area contributed by atoms with Gasteiger partial charge in [-0.3, -0.25) is 13.8 Å². The maximum atomic E-state index is 12.7. The average molecular weight is 674 g/mol. The Bertz CT molecular complexity index is 814. The SMILES string of the molecule is CCCCCCC/C=C/CC/C=C/[C@@H](O)[C@H](COP(=O)(O)OCC[N+](C)(C)C)NC(=O)CCCCCCCCCCCCCCC. The van der Waals surface area contributed by atoms with E-state index < -0.39 is 20.0 Å². The average Bonchev–Trinajstić information content (AvgIpc) is 2.99. The van der Waals surface area contributed by atoms with Gasteiger partial charge in [0.15, 0.2) is 0 Å². The molecule has 0 aromatic rings. The smallest absolute Gasteiger partial charge is 0.387 e. The van der Waals surface area contributed by atoms with E-state index in [1.807, 2.05) is 27.2 Å². The number of aliphatic hydroxyl groups excluding tert-OH is 1. The first kappa shape index (κ1) is 45.0. The molecule has 9 heteroatoms. The summed E-state index contributed by atoms with van der Waals surface area (Å²) in [6.07, 6.45) is 32.4. The number of phosphoric acid groups is 1. The number of rotatable bonds is 33. The van der Waals surface area contributed by atoms with Crippen LogP contribution in [0.2, 0.25) is 0 Å². The molecule has 0 aliphatic heterocycles. The zero-order valence-electron chi connectivity index (χ0n) is 30.6. The molecule has 0 heterocycles. The molecule has 0 bridgehead atoms. The third-order valence-electron chi connectivity index (χ3n) is 8.17. The van der Waals surface area contributed by atoms with Crippen LogP contribution in [-0.4, -0.2) is 73.4 Å². The van der Waals surface area contributed by atoms with Crippen LogP contribution in [0.25, 0.3) is 0 Å². The predicted molar refractivity (Wildman–Crippen MR) is 194 cm³/mol. The molecule has 0 aliphatic rings. The zero-order chi connectivity index (χ0) is 34.4. The van der Waals surface area contributed by atoms with Crippen LogP contribution in [0.15, 0.2) is 24.3 Å². The highest BCUT2D eigenvalue weighted by molar-refractivity contribution is 7.47. The number of hydrogen-bond donors (Lipinski definition) is 3. The van der Waals surface area contributed by atoms with E-state index in [4.69, 9.17) is 9.05 Å². The van der Waals surface area contributed by atoms with Crippen LogP contribution in [-0.2, 0) is 18.4 Å². The number of unbranched alkanes of at least 4 members (excludes halogenated alkanes) is 18. The molecule has 46 heavy (non-hydrogen) atoms. The summed E-state index contributed by atoms with van der Waals surface area (Å²) in [4.78, 5) is 22.9. The van der Waals surface area contributed by atoms with E-state index in [0.717, 1.165) is 38.5 Å². The molecule has 272 valence electrons. The topological polar surface area (TPSA) is 105 Å². The number of aliphatic hydroxyl groups is 1. The molecule has 3 N–H and O–H groups in total. The van der Waals surface area contributed by atoms with Gasteiger partial charge in [-0.15, -0.1) is 0 Å². The Morgan fingerprint density at radius 3 is 1.74 bits per heavy atom. The van der Waals surface area contributed by atoms with Gasteiger partial charge in [-0.05, 0) is 32.1 Å². The van der Waals surface area contributed by atoms with Crippen molar-refractivity contribution in [2.45, 2.75) is 167 Å². The molecule has 0 spiro atoms. The van der Waals surface area contributed by atoms with Crippen LogP contribution < -0.4 is 5.32 Å². The molecule has 0 saturated heterocycles. The minimum absolute atomic E-state index is 0.0576. The lowest BCUT2D eigenvalue weighted by Gasteiger charge is -2.25. The van der Waals surface area contributed by atoms with E-state index in [1.165, 1.54) is 96.3 Å². The van der Waals surface area contributed by atoms with Gasteiger partial charge in [0.1, 0.15) is 13.2 Å². The van der Waals surface area contributed by atoms with Crippen molar-refractivity contribution in [1.29, 1.82) is 0 Å². The van der Waals surface area contributed by atoms with Gasteiger partial charge in [0.05, 0.1) is 39.9 Å². The number of hydrogen-bond acceptors (Lipinski definition) is 5. The highest BCUT2D eigenvalue weighted by Gasteiger charge is 2.27. The minimum atomic E-state index is -4.33. The molecule has 0 radical (unpaired) electrons. The van der Waals surface area contributed by atoms with E-state index in [9.17, 15) is 19.4 Å². The minimum Gasteiger partial charge on any atom is -0.387 e. The third kappa shape index (κ3) is 31.6. The summed E-state index contributed by atoms with van der Waals surface area (Å²) in [7, 11) is 1.55. The Balaban J connectivity index is 4.58. The first-order valence-corrected chi connectivity index (χ1v) is 20.2. The van der Waals surface area contributed by atoms with Gasteiger partial charge in [0.2, 0.25) is 5.91 Å². The number of amides is 1. The fourth-order valence-electron chi connectivity index (χ4n) is 5.11. The lowest BCUT2D eigenvalue weighted by atomic mass is 10.0. The Morgan fingerprint density at radius 2 is 1.20 bits per heavy atom. The molecule has 0 aromatic heterocycles. The summed E-state index contributed by atoms with van der Waals surface area (Å²) in [5, 5.41) is 13.7. The summed E-state index contributed by atoms with van der Waals surface area (Å²) in [6, 6.07) is -0.855. The number of carbonyl (C=O) groups excluding carboxylic acids is 1. The zero-order valence-corrected chi connectivity index (χ0v) is 31.5. The highest BCUT2D eigenvalue weighted by atomic mass is 31.2. The lowest BCUT2D eigenvalue weighted by molar-refractivity contribution is -0.870. The van der Waals surface area contributed by atoms with E-state index in [1.54, 1.807) is 6.08 Å². The fourth-order valence-corrected chi connectivity index (χ4v) is 5.85. The monoisotopic (exact) mass is 674 g/mol. The number of nitrogens with one attached hydrogen (secondary N) is 1. The van der Waals surface area contributed by atoms with Crippen LogP contribution in [0.1, 0.15) is 155 Å². The number of carbonyl (C=O) groups is 1. The van der Waals surface area contributed by atoms with E-state index >= 15 is 0 Å². The Labute approximate surface area is 284 Å². The Morgan fingerprint density at radius 1 is 0.717 bits per heavy atom. The van der Waals surface area contributed by atoms with Crippen molar-refractivity contribution < 1.29 is 32.9 Å². The van der Waals surface area contributed by atoms with E-state index in [2.05, 4.69) is 31.3 Å². The molecule has 0 rings (SSSR count). The van der Waals surface area contributed by atoms with Gasteiger partial charge in [-0.1, -0.05) is 141 Å². The van der Waals surface area contributed by atoms with Crippen LogP contribution in [0.5, 0.6) is 0 Å². The molecule has 1 amide bonds. The van der Waals surface area contributed by atoms with Crippen molar-refractivity contribution in [3.05, 3.63) is 24.3 Å². The van der Waals surface area contributed by atoms with E-state index in [-0.39, 0.29) is 19.1 Å². The van der Waals surface area contributed by atoms with Crippen LogP contribution >= 0.6 is 7.82 Å². The summed E-state index contributed by atoms with van der Waals surface area (Å²) in [5.74, 6) is -0.190. The lowest BCUT2D eigenvalue weighted by Crippen LogP contribution is -2.45. The molecule has 8 nitrogen and oxygen atoms in total. The van der Waals surface area contributed by atoms with Crippen molar-refractivity contribution in [2.24, 2.45) is 0 Å². The van der Waals surface area contributed by atoms with Gasteiger partial charge >= 0.3 is 7.82 Å². The molecule has 0 saturated carbocycles. The highest BCUT2D eigenvalue weighted by Crippen LogP contribution is 2.43. The summed E-state index contributed by atoms with van der Waals surface area (Å²) >= 11 is 0. The number of quaternary nitrogens is 1. The van der Waals surface area contributed by atoms with Crippen molar-refractivity contribution in [2.75, 3.05) is 40.9 Å². The standard InChI is InChI=1S/C37H73N2O6P/c1-6-8-10-12-14-16-18-19-21-23-25-27-29-31-37(41)38-35(34-45-46(42,43)44-33-32-39(3,4)5)36(40)30-28-26-24-22-20-17-15-13-11-9-7-2/h20,22,28,30,35-36,40H,6-19,21,23-27,29,31-34H2,1-5H3,(H-,38,41,42,43)/p+1/b22-20+,30-28+/t35-,36+/m0/s1. The van der Waals surface area contributed by atoms with Crippen LogP contribution in [0, 0.1) is 0 Å². The number of likely N-dealkylation sites (N-methyl/N-ethyl adjacent to an activating group) is 1. The van der Waals surface area contributed by atoms with Crippen molar-refractivity contribution >= 4 is 13.7 Å². The first-order valence-electron chi connectivity index (χ1n) is 18.7. The van der Waals surface area contributed by atoms with Gasteiger partial charge in [-0.2, -0.15) is 0 Å². The molecule has 1 unspecified atom stereocenters. The first-order chi connectivity index (χ1) is 22.0. The summed E-state index contributed by atoms with van der Waals surface area (Å²) in [6.45, 7) is 4.74. The number of nitrogens with zero attached hydrogens (tertiary/aromatic N) is 1. The maximum Gasteiger partial charge on any atom is 0.472 e. The summed E-state index contributed by atoms with van der Waals surface area (Å²) < 4.78 is 23.4. The van der Waals surface area contributed by atoms with Gasteiger partial charge < -0.3 is 19.8 Å². The normalized spacial score (nSPS) is 15.0. The van der Waals surface area contributed by atoms with Crippen LogP contribution in [0.3, 0.4) is 0 Å². The van der Waals surface area contributed by atoms with Gasteiger partial charge in [0.25, 0.3) is 0 Å². The van der Waals surface area contributed by atoms with Crippen LogP contribution in [0.4, 0.5) is 0 Å². The third-order valence-corrected chi connectivity index (χ3v) is 9.16. The Kier molecular flexibility index (Phi) is 29.4. The molecule has 0 aliphatic carbocycles. The quantitative estimate of drug-likeness (QED) is 0.0278. The molecule has 0 fully saturated rings. The van der Waals surface area contributed by atoms with Crippen molar-refractivity contribution in [3.8, 4) is 0 Å². The molecule has 0 aromatic carbocycles. The van der Waals surface area contributed by atoms with Gasteiger partial charge in [-0.25, -0.2) is 4.57 Å². The van der Waals surface area contributed by atoms with Crippen molar-refractivity contribution in [3.63, 3.8) is 0 Å². The maximum absolute atomic E-state index is 12.7. The second-order valence-corrected chi connectivity index (χ2v) is 15.4. The fraction of sp³-hybridized carbons (Fsp3) is 0.865. The molecule has 3 atom stereocenters. The second-order valence-electron chi connectivity index (χ2n) is 13.9.